The van der Waals surface area contributed by atoms with Gasteiger partial charge in [-0.25, -0.2) is 0 Å². The molecule has 3 rings (SSSR count). The first-order valence-corrected chi connectivity index (χ1v) is 12.8. The zero-order valence-electron chi connectivity index (χ0n) is 18.0. The van der Waals surface area contributed by atoms with Crippen LogP contribution in [0.25, 0.3) is 11.3 Å². The van der Waals surface area contributed by atoms with E-state index >= 15 is 0 Å². The SMILES string of the molecule is COC(=O)N[C@H](C(=O)N1CN([I-]C(F)(F)F)C[C@H]1c1ncc(-c2ccc(Br)cc2)[nH]1)C(C)C. The second-order valence-electron chi connectivity index (χ2n) is 7.67. The summed E-state index contributed by atoms with van der Waals surface area (Å²) in [4.78, 5) is 34.0. The second-order valence-corrected chi connectivity index (χ2v) is 11.7. The standard InChI is InChI=1S/C20H23BrF3IN5O3/c1-11(2)16(28-19(32)33-3)18(31)30-10-29(25-20(22,23)24)9-15(30)17-26-8-14(27-17)12-4-6-13(21)7-5-12/h4-8,11,15-16H,9-10H2,1-3H3,(H,26,27)(H,28,32)/q-1/t15-,16-/m0/s1. The predicted octanol–water partition coefficient (Wildman–Crippen LogP) is 0.886. The number of nitrogens with one attached hydrogen (secondary N) is 2. The fourth-order valence-corrected chi connectivity index (χ4v) is 5.51. The molecule has 1 aromatic carbocycles. The number of hydrogen-bond acceptors (Lipinski definition) is 5. The summed E-state index contributed by atoms with van der Waals surface area (Å²) in [5, 5.41) is 2.50. The van der Waals surface area contributed by atoms with Gasteiger partial charge in [-0.1, -0.05) is 0 Å². The molecule has 0 bridgehead atoms. The Balaban J connectivity index is 1.90. The van der Waals surface area contributed by atoms with Gasteiger partial charge in [0.15, 0.2) is 0 Å². The monoisotopic (exact) mass is 644 g/mol. The molecule has 2 amide bonds. The quantitative estimate of drug-likeness (QED) is 0.277. The van der Waals surface area contributed by atoms with Crippen LogP contribution in [0.2, 0.25) is 0 Å². The van der Waals surface area contributed by atoms with Gasteiger partial charge in [-0.15, -0.1) is 0 Å². The van der Waals surface area contributed by atoms with Gasteiger partial charge >= 0.3 is 209 Å². The van der Waals surface area contributed by atoms with Gasteiger partial charge < -0.3 is 0 Å². The first kappa shape index (κ1) is 25.7. The maximum absolute atomic E-state index is 13.4. The Kier molecular flexibility index (Phi) is 8.26. The van der Waals surface area contributed by atoms with Crippen LogP contribution in [0, 0.1) is 5.92 Å². The van der Waals surface area contributed by atoms with Crippen molar-refractivity contribution in [2.45, 2.75) is 30.1 Å². The number of alkyl carbamates (subject to hydrolysis) is 1. The third-order valence-corrected chi connectivity index (χ3v) is 7.47. The number of rotatable bonds is 6. The number of hydrogen-bond donors (Lipinski definition) is 2. The van der Waals surface area contributed by atoms with E-state index in [0.29, 0.717) is 11.5 Å². The van der Waals surface area contributed by atoms with Crippen molar-refractivity contribution in [1.29, 1.82) is 0 Å². The summed E-state index contributed by atoms with van der Waals surface area (Å²) in [6.07, 6.45) is 0.808. The van der Waals surface area contributed by atoms with Crippen LogP contribution in [0.1, 0.15) is 25.7 Å². The average molecular weight is 645 g/mol. The number of alkyl halides is 4. The molecule has 1 aliphatic heterocycles. The summed E-state index contributed by atoms with van der Waals surface area (Å²) in [6.45, 7) is 3.27. The summed E-state index contributed by atoms with van der Waals surface area (Å²) in [5.41, 5.74) is 1.53. The second kappa shape index (κ2) is 10.6. The first-order valence-electron chi connectivity index (χ1n) is 9.92. The molecule has 1 fully saturated rings. The van der Waals surface area contributed by atoms with Crippen molar-refractivity contribution < 1.29 is 49.0 Å². The molecule has 8 nitrogen and oxygen atoms in total. The number of imidazole rings is 1. The van der Waals surface area contributed by atoms with Gasteiger partial charge in [-0.05, 0) is 0 Å². The number of carbonyl (C=O) groups excluding carboxylic acids is 2. The van der Waals surface area contributed by atoms with Gasteiger partial charge in [0.05, 0.1) is 0 Å². The van der Waals surface area contributed by atoms with Gasteiger partial charge in [0.25, 0.3) is 0 Å². The van der Waals surface area contributed by atoms with E-state index in [4.69, 9.17) is 0 Å². The number of carbonyl (C=O) groups is 2. The van der Waals surface area contributed by atoms with E-state index in [1.165, 1.54) is 15.1 Å². The number of amides is 2. The van der Waals surface area contributed by atoms with E-state index in [2.05, 4.69) is 36.0 Å². The Morgan fingerprint density at radius 3 is 2.55 bits per heavy atom. The molecular formula is C20H23BrF3IN5O3-. The zero-order chi connectivity index (χ0) is 24.3. The topological polar surface area (TPSA) is 90.6 Å². The van der Waals surface area contributed by atoms with Crippen LogP contribution in [0.4, 0.5) is 18.0 Å². The molecule has 2 aromatic rings. The molecule has 2 atom stereocenters. The van der Waals surface area contributed by atoms with E-state index in [0.717, 1.165) is 10.0 Å². The fourth-order valence-electron chi connectivity index (χ4n) is 3.42. The Morgan fingerprint density at radius 2 is 1.97 bits per heavy atom. The molecule has 2 heterocycles. The minimum absolute atomic E-state index is 0.00510. The van der Waals surface area contributed by atoms with E-state index in [9.17, 15) is 22.8 Å². The third kappa shape index (κ3) is 6.59. The van der Waals surface area contributed by atoms with Crippen LogP contribution in [-0.2, 0) is 9.53 Å². The van der Waals surface area contributed by atoms with Crippen LogP contribution in [0.5, 0.6) is 0 Å². The number of aromatic nitrogens is 2. The minimum atomic E-state index is -4.31. The predicted molar refractivity (Wildman–Crippen MR) is 113 cm³/mol. The van der Waals surface area contributed by atoms with Crippen molar-refractivity contribution in [1.82, 2.24) is 23.3 Å². The fraction of sp³-hybridized carbons (Fsp3) is 0.450. The molecule has 0 aliphatic carbocycles. The summed E-state index contributed by atoms with van der Waals surface area (Å²) >= 11 is 1.06. The number of aromatic amines is 1. The van der Waals surface area contributed by atoms with Gasteiger partial charge in [-0.2, -0.15) is 0 Å². The molecule has 0 unspecified atom stereocenters. The number of ether oxygens (including phenoxy) is 1. The molecule has 0 spiro atoms. The molecule has 2 N–H and O–H groups in total. The first-order chi connectivity index (χ1) is 15.5. The zero-order valence-corrected chi connectivity index (χ0v) is 21.7. The Hall–Kier alpha value is -1.87. The van der Waals surface area contributed by atoms with Gasteiger partial charge in [-0.3, -0.25) is 0 Å². The molecule has 0 radical (unpaired) electrons. The van der Waals surface area contributed by atoms with Gasteiger partial charge in [0.2, 0.25) is 0 Å². The molecule has 13 heteroatoms. The van der Waals surface area contributed by atoms with E-state index in [-0.39, 0.29) is 19.1 Å². The number of nitrogens with zero attached hydrogens (tertiary/aromatic N) is 3. The van der Waals surface area contributed by atoms with Crippen molar-refractivity contribution in [3.63, 3.8) is 0 Å². The summed E-state index contributed by atoms with van der Waals surface area (Å²) in [6, 6.07) is 5.80. The van der Waals surface area contributed by atoms with Crippen molar-refractivity contribution in [2.75, 3.05) is 20.3 Å². The number of benzene rings is 1. The van der Waals surface area contributed by atoms with Crippen LogP contribution in [-0.4, -0.2) is 60.5 Å². The van der Waals surface area contributed by atoms with Crippen molar-refractivity contribution in [3.8, 4) is 11.3 Å². The van der Waals surface area contributed by atoms with E-state index in [1.807, 2.05) is 24.3 Å². The van der Waals surface area contributed by atoms with Gasteiger partial charge in [0.1, 0.15) is 0 Å². The maximum atomic E-state index is 13.4. The molecule has 1 saturated heterocycles. The molecular weight excluding hydrogens is 622 g/mol. The molecule has 0 saturated carbocycles. The molecule has 33 heavy (non-hydrogen) atoms. The molecule has 182 valence electrons. The van der Waals surface area contributed by atoms with Crippen LogP contribution in [0.3, 0.4) is 0 Å². The van der Waals surface area contributed by atoms with Crippen molar-refractivity contribution >= 4 is 27.9 Å². The number of H-pyrrole nitrogens is 1. The van der Waals surface area contributed by atoms with Crippen LogP contribution >= 0.6 is 15.9 Å². The Bertz CT molecular complexity index is 986. The number of halogens is 5. The van der Waals surface area contributed by atoms with Gasteiger partial charge in [0, 0.05) is 0 Å². The van der Waals surface area contributed by atoms with Crippen molar-refractivity contribution in [2.24, 2.45) is 5.92 Å². The number of methoxy groups -OCH3 is 1. The molecule has 1 aliphatic rings. The third-order valence-electron chi connectivity index (χ3n) is 5.01. The Labute approximate surface area is 208 Å². The van der Waals surface area contributed by atoms with Crippen LogP contribution in [0.15, 0.2) is 34.9 Å². The van der Waals surface area contributed by atoms with E-state index < -0.39 is 49.7 Å². The average Bonchev–Trinajstić information content (AvgIpc) is 3.37. The summed E-state index contributed by atoms with van der Waals surface area (Å²) in [7, 11) is 1.18. The van der Waals surface area contributed by atoms with E-state index in [1.54, 1.807) is 20.0 Å². The summed E-state index contributed by atoms with van der Waals surface area (Å²) < 4.78 is 41.8. The normalized spacial score (nSPS) is 18.1. The Morgan fingerprint density at radius 1 is 1.30 bits per heavy atom. The molecule has 1 aromatic heterocycles. The van der Waals surface area contributed by atoms with Crippen LogP contribution < -0.4 is 26.8 Å². The summed E-state index contributed by atoms with van der Waals surface area (Å²) in [5.74, 6) is -0.412. The van der Waals surface area contributed by atoms with Crippen molar-refractivity contribution in [3.05, 3.63) is 40.8 Å².